The van der Waals surface area contributed by atoms with Gasteiger partial charge in [-0.05, 0) is 30.5 Å². The first-order chi connectivity index (χ1) is 8.52. The number of thiol groups is 1. The minimum absolute atomic E-state index is 0.0175. The first-order valence-corrected chi connectivity index (χ1v) is 6.76. The molecular weight excluding hydrogens is 240 g/mol. The molecule has 0 spiro atoms. The van der Waals surface area contributed by atoms with Gasteiger partial charge in [0.05, 0.1) is 0 Å². The van der Waals surface area contributed by atoms with E-state index in [0.717, 1.165) is 10.5 Å². The van der Waals surface area contributed by atoms with Gasteiger partial charge in [0.15, 0.2) is 0 Å². The zero-order chi connectivity index (χ0) is 14.7. The van der Waals surface area contributed by atoms with Gasteiger partial charge >= 0.3 is 0 Å². The lowest BCUT2D eigenvalue weighted by Crippen LogP contribution is -2.15. The van der Waals surface area contributed by atoms with E-state index < -0.39 is 0 Å². The summed E-state index contributed by atoms with van der Waals surface area (Å²) in [5, 5.41) is 0. The van der Waals surface area contributed by atoms with Gasteiger partial charge in [-0.2, -0.15) is 0 Å². The molecule has 0 aliphatic carbocycles. The van der Waals surface area contributed by atoms with E-state index >= 15 is 0 Å². The predicted octanol–water partition coefficient (Wildman–Crippen LogP) is 5.13. The molecule has 0 saturated carbocycles. The molecule has 1 rings (SSSR count). The molecule has 0 heterocycles. The van der Waals surface area contributed by atoms with Gasteiger partial charge in [0.25, 0.3) is 0 Å². The van der Waals surface area contributed by atoms with Crippen molar-refractivity contribution in [2.75, 3.05) is 0 Å². The maximum Gasteiger partial charge on any atom is 0.137 e. The summed E-state index contributed by atoms with van der Waals surface area (Å²) in [7, 11) is 0. The molecule has 1 nitrogen and oxygen atoms in total. The van der Waals surface area contributed by atoms with Crippen LogP contribution >= 0.6 is 12.6 Å². The van der Waals surface area contributed by atoms with E-state index in [2.05, 4.69) is 39.6 Å². The van der Waals surface area contributed by atoms with Crippen molar-refractivity contribution in [1.82, 2.24) is 0 Å². The Morgan fingerprint density at radius 3 is 1.78 bits per heavy atom. The summed E-state index contributed by atoms with van der Waals surface area (Å²) in [6, 6.07) is 7.82. The number of carbonyl (C=O) groups excluding carboxylic acids is 1. The Hall–Kier alpha value is -1.02. The van der Waals surface area contributed by atoms with E-state index in [1.807, 2.05) is 38.1 Å². The minimum atomic E-state index is 0.0175. The van der Waals surface area contributed by atoms with E-state index in [0.29, 0.717) is 5.92 Å². The molecule has 1 atom stereocenters. The molecule has 0 aliphatic heterocycles. The number of hydrogen-bond acceptors (Lipinski definition) is 2. The number of carbonyl (C=O) groups is 1. The average molecular weight is 266 g/mol. The van der Waals surface area contributed by atoms with Crippen LogP contribution in [0.25, 0.3) is 0 Å². The molecule has 0 saturated heterocycles. The van der Waals surface area contributed by atoms with E-state index in [1.54, 1.807) is 6.92 Å². The maximum absolute atomic E-state index is 11.5. The van der Waals surface area contributed by atoms with Crippen LogP contribution in [0.4, 0.5) is 0 Å². The molecule has 18 heavy (non-hydrogen) atoms. The van der Waals surface area contributed by atoms with Crippen molar-refractivity contribution in [3.63, 3.8) is 0 Å². The van der Waals surface area contributed by atoms with Crippen molar-refractivity contribution in [1.29, 1.82) is 0 Å². The molecular formula is C16H26OS. The van der Waals surface area contributed by atoms with Gasteiger partial charge in [-0.1, -0.05) is 39.8 Å². The number of ketones is 1. The highest BCUT2D eigenvalue weighted by atomic mass is 32.1. The van der Waals surface area contributed by atoms with Gasteiger partial charge in [0, 0.05) is 10.8 Å². The van der Waals surface area contributed by atoms with Crippen LogP contribution in [-0.4, -0.2) is 5.78 Å². The molecule has 102 valence electrons. The Bertz CT molecular complexity index is 327. The molecule has 0 radical (unpaired) electrons. The van der Waals surface area contributed by atoms with Crippen molar-refractivity contribution in [2.24, 2.45) is 5.92 Å². The summed E-state index contributed by atoms with van der Waals surface area (Å²) in [5.74, 6) is 0.592. The fourth-order valence-electron chi connectivity index (χ4n) is 1.77. The van der Waals surface area contributed by atoms with Crippen LogP contribution in [0.15, 0.2) is 42.3 Å². The lowest BCUT2D eigenvalue weighted by molar-refractivity contribution is -0.119. The van der Waals surface area contributed by atoms with Crippen LogP contribution in [0, 0.1) is 5.92 Å². The smallest absolute Gasteiger partial charge is 0.137 e. The van der Waals surface area contributed by atoms with Gasteiger partial charge < -0.3 is 0 Å². The monoisotopic (exact) mass is 266 g/mol. The molecule has 0 aromatic heterocycles. The molecule has 2 heteroatoms. The summed E-state index contributed by atoms with van der Waals surface area (Å²) in [5.41, 5.74) is 1.09. The Balaban J connectivity index is 0. The summed E-state index contributed by atoms with van der Waals surface area (Å²) < 4.78 is 0. The number of Topliss-reactive ketones (excluding diaryl/α,β-unsaturated/α-hetero) is 1. The largest absolute Gasteiger partial charge is 0.299 e. The van der Waals surface area contributed by atoms with Gasteiger partial charge in [-0.25, -0.2) is 0 Å². The molecule has 1 aromatic rings. The molecule has 0 N–H and O–H groups in total. The second kappa shape index (κ2) is 11.1. The van der Waals surface area contributed by atoms with E-state index in [1.165, 1.54) is 0 Å². The van der Waals surface area contributed by atoms with Gasteiger partial charge in [0.1, 0.15) is 5.78 Å². The molecule has 0 aliphatic rings. The van der Waals surface area contributed by atoms with Crippen LogP contribution in [0.3, 0.4) is 0 Å². The highest BCUT2D eigenvalue weighted by Crippen LogP contribution is 2.25. The Labute approximate surface area is 118 Å². The van der Waals surface area contributed by atoms with Crippen molar-refractivity contribution in [3.05, 3.63) is 43.0 Å². The first-order valence-electron chi connectivity index (χ1n) is 6.31. The topological polar surface area (TPSA) is 17.1 Å². The third-order valence-corrected chi connectivity index (χ3v) is 2.65. The SMILES string of the molecule is C=C.CC.CC(=O)C(c1ccc(S)cc1)C(C)C. The van der Waals surface area contributed by atoms with Crippen molar-refractivity contribution in [2.45, 2.75) is 45.4 Å². The lowest BCUT2D eigenvalue weighted by atomic mass is 9.86. The van der Waals surface area contributed by atoms with Crippen LogP contribution < -0.4 is 0 Å². The number of hydrogen-bond donors (Lipinski definition) is 1. The lowest BCUT2D eigenvalue weighted by Gasteiger charge is -2.18. The van der Waals surface area contributed by atoms with Gasteiger partial charge in [0.2, 0.25) is 0 Å². The Morgan fingerprint density at radius 1 is 1.11 bits per heavy atom. The molecule has 1 unspecified atom stereocenters. The van der Waals surface area contributed by atoms with Gasteiger partial charge in [-0.3, -0.25) is 4.79 Å². The van der Waals surface area contributed by atoms with Crippen molar-refractivity contribution in [3.8, 4) is 0 Å². The Kier molecular flexibility index (Phi) is 11.9. The molecule has 0 fully saturated rings. The zero-order valence-corrected chi connectivity index (χ0v) is 13.1. The van der Waals surface area contributed by atoms with Crippen molar-refractivity contribution >= 4 is 18.4 Å². The third-order valence-electron chi connectivity index (χ3n) is 2.36. The van der Waals surface area contributed by atoms with E-state index in [-0.39, 0.29) is 11.7 Å². The van der Waals surface area contributed by atoms with E-state index in [9.17, 15) is 4.79 Å². The number of rotatable bonds is 3. The molecule has 0 amide bonds. The summed E-state index contributed by atoms with van der Waals surface area (Å²) in [6.07, 6.45) is 0. The average Bonchev–Trinajstić information content (AvgIpc) is 2.36. The molecule has 0 bridgehead atoms. The quantitative estimate of drug-likeness (QED) is 0.592. The van der Waals surface area contributed by atoms with Crippen LogP contribution in [-0.2, 0) is 4.79 Å². The van der Waals surface area contributed by atoms with Crippen molar-refractivity contribution < 1.29 is 4.79 Å². The van der Waals surface area contributed by atoms with Crippen LogP contribution in [0.5, 0.6) is 0 Å². The second-order valence-electron chi connectivity index (χ2n) is 3.92. The summed E-state index contributed by atoms with van der Waals surface area (Å²) in [6.45, 7) is 15.8. The standard InChI is InChI=1S/C12H16OS.C2H6.C2H4/c1-8(2)12(9(3)13)10-4-6-11(14)7-5-10;2*1-2/h4-8,12,14H,1-3H3;1-2H3;1-2H2. The summed E-state index contributed by atoms with van der Waals surface area (Å²) >= 11 is 4.22. The fourth-order valence-corrected chi connectivity index (χ4v) is 1.92. The maximum atomic E-state index is 11.5. The zero-order valence-electron chi connectivity index (χ0n) is 12.2. The normalized spacial score (nSPS) is 10.6. The summed E-state index contributed by atoms with van der Waals surface area (Å²) in [4.78, 5) is 12.4. The highest BCUT2D eigenvalue weighted by molar-refractivity contribution is 7.80. The predicted molar refractivity (Wildman–Crippen MR) is 84.6 cm³/mol. The first kappa shape index (κ1) is 19.3. The fraction of sp³-hybridized carbons (Fsp3) is 0.438. The number of benzene rings is 1. The van der Waals surface area contributed by atoms with E-state index in [4.69, 9.17) is 0 Å². The highest BCUT2D eigenvalue weighted by Gasteiger charge is 2.19. The Morgan fingerprint density at radius 2 is 1.50 bits per heavy atom. The van der Waals surface area contributed by atoms with Crippen LogP contribution in [0.2, 0.25) is 0 Å². The third kappa shape index (κ3) is 6.65. The minimum Gasteiger partial charge on any atom is -0.299 e. The second-order valence-corrected chi connectivity index (χ2v) is 4.44. The molecule has 1 aromatic carbocycles. The van der Waals surface area contributed by atoms with Gasteiger partial charge in [-0.15, -0.1) is 25.8 Å². The van der Waals surface area contributed by atoms with Crippen LogP contribution in [0.1, 0.15) is 46.1 Å².